The van der Waals surface area contributed by atoms with E-state index >= 15 is 0 Å². The van der Waals surface area contributed by atoms with Crippen molar-refractivity contribution in [2.45, 2.75) is 117 Å². The van der Waals surface area contributed by atoms with E-state index in [0.29, 0.717) is 36.0 Å². The number of sulfonamides is 1. The van der Waals surface area contributed by atoms with E-state index in [4.69, 9.17) is 4.74 Å². The van der Waals surface area contributed by atoms with Crippen LogP contribution in [-0.2, 0) is 26.7 Å². The van der Waals surface area contributed by atoms with Crippen LogP contribution in [0.1, 0.15) is 121 Å². The molecule has 284 valence electrons. The molecule has 3 fully saturated rings. The quantitative estimate of drug-likeness (QED) is 0.224. The Morgan fingerprint density at radius 2 is 1.60 bits per heavy atom. The summed E-state index contributed by atoms with van der Waals surface area (Å²) < 4.78 is 35.2. The molecule has 3 saturated carbocycles. The summed E-state index contributed by atoms with van der Waals surface area (Å²) in [6, 6.07) is 11.7. The number of hydrogen-bond donors (Lipinski definition) is 3. The largest absolute Gasteiger partial charge is 0.497 e. The number of amides is 1. The average molecular weight is 741 g/mol. The summed E-state index contributed by atoms with van der Waals surface area (Å²) in [4.78, 5) is 30.2. The number of carbonyl (C=O) groups is 2. The lowest BCUT2D eigenvalue weighted by Gasteiger charge is -2.70. The van der Waals surface area contributed by atoms with Crippen molar-refractivity contribution in [3.05, 3.63) is 70.9 Å². The van der Waals surface area contributed by atoms with Gasteiger partial charge in [-0.3, -0.25) is 4.79 Å². The number of aromatic carboxylic acids is 1. The molecule has 5 aliphatic rings. The number of carboxylic acid groups (broad SMARTS) is 1. The summed E-state index contributed by atoms with van der Waals surface area (Å²) in [6.07, 6.45) is 10.5. The number of ether oxygens (including phenoxy) is 1. The Morgan fingerprint density at radius 1 is 0.906 bits per heavy atom. The molecule has 3 N–H and O–H groups in total. The van der Waals surface area contributed by atoms with Crippen molar-refractivity contribution < 1.29 is 27.9 Å². The Morgan fingerprint density at radius 3 is 2.28 bits per heavy atom. The maximum Gasteiger partial charge on any atom is 0.335 e. The van der Waals surface area contributed by atoms with Crippen LogP contribution in [-0.4, -0.2) is 37.5 Å². The average Bonchev–Trinajstić information content (AvgIpc) is 3.46. The number of H-pyrrole nitrogens is 1. The molecule has 0 aliphatic heterocycles. The Bertz CT molecular complexity index is 2180. The van der Waals surface area contributed by atoms with Gasteiger partial charge < -0.3 is 14.8 Å². The second-order valence-corrected chi connectivity index (χ2v) is 21.1. The van der Waals surface area contributed by atoms with Crippen LogP contribution < -0.4 is 9.46 Å². The maximum atomic E-state index is 14.6. The van der Waals surface area contributed by atoms with Crippen LogP contribution in [0.25, 0.3) is 10.9 Å². The van der Waals surface area contributed by atoms with Crippen LogP contribution in [0.5, 0.6) is 5.75 Å². The molecular weight excluding hydrogens is 685 g/mol. The zero-order valence-corrected chi connectivity index (χ0v) is 33.4. The van der Waals surface area contributed by atoms with Gasteiger partial charge in [0.25, 0.3) is 10.0 Å². The molecule has 0 saturated heterocycles. The van der Waals surface area contributed by atoms with E-state index in [1.807, 2.05) is 6.07 Å². The first-order valence-corrected chi connectivity index (χ1v) is 21.0. The predicted molar refractivity (Wildman–Crippen MR) is 206 cm³/mol. The van der Waals surface area contributed by atoms with Crippen LogP contribution in [0.2, 0.25) is 0 Å². The molecule has 2 aromatic carbocycles. The van der Waals surface area contributed by atoms with Crippen LogP contribution in [0.4, 0.5) is 0 Å². The molecule has 8 rings (SSSR count). The van der Waals surface area contributed by atoms with Crippen molar-refractivity contribution >= 4 is 32.8 Å². The molecule has 1 heterocycles. The van der Waals surface area contributed by atoms with Crippen molar-refractivity contribution in [3.8, 4) is 5.75 Å². The second kappa shape index (κ2) is 11.5. The first kappa shape index (κ1) is 36.4. The Balaban J connectivity index is 1.18. The van der Waals surface area contributed by atoms with Crippen molar-refractivity contribution in [2.75, 3.05) is 7.11 Å². The lowest BCUT2D eigenvalue weighted by molar-refractivity contribution is -0.166. The number of allylic oxidation sites excluding steroid dienone is 2. The molecule has 1 amide bonds. The summed E-state index contributed by atoms with van der Waals surface area (Å²) in [6.45, 7) is 16.9. The van der Waals surface area contributed by atoms with Gasteiger partial charge in [0, 0.05) is 22.0 Å². The molecule has 5 aliphatic carbocycles. The number of aromatic amines is 1. The highest BCUT2D eigenvalue weighted by molar-refractivity contribution is 7.90. The highest BCUT2D eigenvalue weighted by Crippen LogP contribution is 2.75. The van der Waals surface area contributed by atoms with E-state index in [9.17, 15) is 23.1 Å². The van der Waals surface area contributed by atoms with E-state index < -0.39 is 21.4 Å². The molecule has 0 bridgehead atoms. The fourth-order valence-electron chi connectivity index (χ4n) is 13.2. The summed E-state index contributed by atoms with van der Waals surface area (Å²) >= 11 is 0. The van der Waals surface area contributed by atoms with Crippen LogP contribution in [0, 0.1) is 44.8 Å². The van der Waals surface area contributed by atoms with Gasteiger partial charge in [0.2, 0.25) is 5.91 Å². The van der Waals surface area contributed by atoms with E-state index in [-0.39, 0.29) is 43.8 Å². The van der Waals surface area contributed by atoms with Gasteiger partial charge in [-0.25, -0.2) is 17.9 Å². The van der Waals surface area contributed by atoms with Gasteiger partial charge in [-0.15, -0.1) is 0 Å². The molecule has 0 spiro atoms. The van der Waals surface area contributed by atoms with Gasteiger partial charge in [0.15, 0.2) is 0 Å². The number of nitrogens with one attached hydrogen (secondary N) is 2. The molecule has 1 aromatic heterocycles. The first-order valence-electron chi connectivity index (χ1n) is 19.5. The van der Waals surface area contributed by atoms with Gasteiger partial charge in [-0.2, -0.15) is 0 Å². The third kappa shape index (κ3) is 5.00. The van der Waals surface area contributed by atoms with Crippen molar-refractivity contribution in [1.82, 2.24) is 9.71 Å². The normalized spacial score (nSPS) is 35.4. The number of rotatable bonds is 5. The fourth-order valence-corrected chi connectivity index (χ4v) is 14.2. The number of carboxylic acids is 1. The third-order valence-electron chi connectivity index (χ3n) is 16.2. The number of fused-ring (bicyclic) bond motifs is 10. The Hall–Kier alpha value is -3.59. The molecule has 0 radical (unpaired) electrons. The number of methoxy groups -OCH3 is 1. The standard InChI is InChI=1S/C44H56N2O6S/c1-39(2)19-21-44(38(49)46-53(50,51)28-12-10-27(52-8)11-13-28)22-20-42(6)31(32(44)25-39)15-16-35-41(5)24-30-29-14-9-26(37(47)48)23-33(29)45-36(30)40(3,4)34(41)17-18-43(35,42)7/h9-15,23,32,34-35,45H,16-22,24-25H2,1-8H3,(H,46,49)(H,47,48)/t32-,34-,35+,41-,42+,43+,44-/m0/s1. The molecule has 8 nitrogen and oxygen atoms in total. The minimum absolute atomic E-state index is 0.000672. The van der Waals surface area contributed by atoms with E-state index in [1.54, 1.807) is 24.3 Å². The minimum atomic E-state index is -4.07. The van der Waals surface area contributed by atoms with Crippen LogP contribution in [0.3, 0.4) is 0 Å². The summed E-state index contributed by atoms with van der Waals surface area (Å²) in [5.41, 5.74) is 4.14. The Labute approximate surface area is 314 Å². The predicted octanol–water partition coefficient (Wildman–Crippen LogP) is 9.20. The molecule has 0 unspecified atom stereocenters. The third-order valence-corrected chi connectivity index (χ3v) is 17.5. The second-order valence-electron chi connectivity index (χ2n) is 19.4. The maximum absolute atomic E-state index is 14.6. The molecule has 9 heteroatoms. The highest BCUT2D eigenvalue weighted by atomic mass is 32.2. The lowest BCUT2D eigenvalue weighted by Crippen LogP contribution is -2.65. The van der Waals surface area contributed by atoms with Crippen LogP contribution >= 0.6 is 0 Å². The molecular formula is C44H56N2O6S. The van der Waals surface area contributed by atoms with Gasteiger partial charge in [0.05, 0.1) is 23.0 Å². The van der Waals surface area contributed by atoms with Crippen molar-refractivity contribution in [3.63, 3.8) is 0 Å². The summed E-state index contributed by atoms with van der Waals surface area (Å²) in [5, 5.41) is 10.9. The van der Waals surface area contributed by atoms with E-state index in [1.165, 1.54) is 36.1 Å². The fraction of sp³-hybridized carbons (Fsp3) is 0.591. The van der Waals surface area contributed by atoms with Crippen LogP contribution in [0.15, 0.2) is 59.0 Å². The smallest absolute Gasteiger partial charge is 0.335 e. The molecule has 7 atom stereocenters. The van der Waals surface area contributed by atoms with Gasteiger partial charge >= 0.3 is 5.97 Å². The molecule has 53 heavy (non-hydrogen) atoms. The van der Waals surface area contributed by atoms with Crippen molar-refractivity contribution in [2.24, 2.45) is 44.8 Å². The minimum Gasteiger partial charge on any atom is -0.497 e. The topological polar surface area (TPSA) is 126 Å². The SMILES string of the molecule is COc1ccc(S(=O)(=O)NC(=O)[C@]23CCC(C)(C)C[C@H]2C2=CC[C@@H]4[C@@]5(C)Cc6c([nH]c7cc(C(=O)O)ccc67)C(C)(C)[C@@H]5CC[C@@]4(C)[C@]2(C)CC3)cc1. The zero-order chi connectivity index (χ0) is 38.1. The van der Waals surface area contributed by atoms with E-state index in [0.717, 1.165) is 55.8 Å². The van der Waals surface area contributed by atoms with Gasteiger partial charge in [-0.05, 0) is 139 Å². The summed E-state index contributed by atoms with van der Waals surface area (Å²) in [7, 11) is -2.54. The monoisotopic (exact) mass is 740 g/mol. The number of carbonyl (C=O) groups excluding carboxylic acids is 1. The van der Waals surface area contributed by atoms with Gasteiger partial charge in [-0.1, -0.05) is 66.2 Å². The lowest BCUT2D eigenvalue weighted by atomic mass is 9.33. The first-order chi connectivity index (χ1) is 24.7. The number of benzene rings is 2. The molecule has 3 aromatic rings. The summed E-state index contributed by atoms with van der Waals surface area (Å²) in [5.74, 6) is 0.102. The zero-order valence-electron chi connectivity index (χ0n) is 32.6. The number of hydrogen-bond acceptors (Lipinski definition) is 5. The van der Waals surface area contributed by atoms with E-state index in [2.05, 4.69) is 64.2 Å². The van der Waals surface area contributed by atoms with Gasteiger partial charge in [0.1, 0.15) is 5.75 Å². The number of aromatic nitrogens is 1. The highest BCUT2D eigenvalue weighted by Gasteiger charge is 2.69. The Kier molecular flexibility index (Phi) is 7.87. The van der Waals surface area contributed by atoms with Crippen molar-refractivity contribution in [1.29, 1.82) is 0 Å².